The van der Waals surface area contributed by atoms with Crippen molar-refractivity contribution in [3.05, 3.63) is 23.0 Å². The Hall–Kier alpha value is -1.33. The van der Waals surface area contributed by atoms with Gasteiger partial charge < -0.3 is 20.7 Å². The summed E-state index contributed by atoms with van der Waals surface area (Å²) in [5.41, 5.74) is 6.36. The van der Waals surface area contributed by atoms with Gasteiger partial charge in [0.25, 0.3) is 0 Å². The topological polar surface area (TPSA) is 75.7 Å². The van der Waals surface area contributed by atoms with Crippen molar-refractivity contribution in [3.63, 3.8) is 0 Å². The number of methoxy groups -OCH3 is 1. The summed E-state index contributed by atoms with van der Waals surface area (Å²) in [6.07, 6.45) is 0.547. The summed E-state index contributed by atoms with van der Waals surface area (Å²) < 4.78 is 18.6. The molecule has 16 heavy (non-hydrogen) atoms. The molecule has 0 amide bonds. The van der Waals surface area contributed by atoms with Crippen molar-refractivity contribution in [1.82, 2.24) is 0 Å². The van der Waals surface area contributed by atoms with Gasteiger partial charge in [-0.15, -0.1) is 0 Å². The van der Waals surface area contributed by atoms with Crippen molar-refractivity contribution in [2.24, 2.45) is 5.73 Å². The third-order valence-corrected chi connectivity index (χ3v) is 2.48. The molecule has 0 saturated carbocycles. The van der Waals surface area contributed by atoms with E-state index in [4.69, 9.17) is 15.6 Å². The molecule has 1 aromatic rings. The fourth-order valence-corrected chi connectivity index (χ4v) is 1.56. The standard InChI is InChI=1S/C11H16FNO3/c1-3-6-4-7(8(13)5-14)10(15)9(12)11(6)16-2/h4,8,14-15H,3,5,13H2,1-2H3. The molecule has 4 nitrogen and oxygen atoms in total. The number of halogens is 1. The van der Waals surface area contributed by atoms with Gasteiger partial charge in [-0.1, -0.05) is 6.92 Å². The minimum absolute atomic E-state index is 0.0221. The Morgan fingerprint density at radius 2 is 2.19 bits per heavy atom. The van der Waals surface area contributed by atoms with Crippen molar-refractivity contribution in [2.75, 3.05) is 13.7 Å². The van der Waals surface area contributed by atoms with Crippen LogP contribution in [0.4, 0.5) is 4.39 Å². The third kappa shape index (κ3) is 2.10. The molecule has 0 heterocycles. The Morgan fingerprint density at radius 3 is 2.62 bits per heavy atom. The highest BCUT2D eigenvalue weighted by molar-refractivity contribution is 5.48. The summed E-state index contributed by atoms with van der Waals surface area (Å²) in [4.78, 5) is 0. The van der Waals surface area contributed by atoms with Crippen LogP contribution in [-0.2, 0) is 6.42 Å². The van der Waals surface area contributed by atoms with Gasteiger partial charge in [-0.3, -0.25) is 0 Å². The highest BCUT2D eigenvalue weighted by Crippen LogP contribution is 2.35. The number of ether oxygens (including phenoxy) is 1. The average molecular weight is 229 g/mol. The van der Waals surface area contributed by atoms with Gasteiger partial charge >= 0.3 is 0 Å². The van der Waals surface area contributed by atoms with Gasteiger partial charge in [0.2, 0.25) is 5.82 Å². The van der Waals surface area contributed by atoms with Gasteiger partial charge in [-0.2, -0.15) is 4.39 Å². The smallest absolute Gasteiger partial charge is 0.207 e. The zero-order valence-electron chi connectivity index (χ0n) is 9.33. The quantitative estimate of drug-likeness (QED) is 0.722. The van der Waals surface area contributed by atoms with Crippen LogP contribution >= 0.6 is 0 Å². The van der Waals surface area contributed by atoms with E-state index in [1.54, 1.807) is 6.07 Å². The third-order valence-electron chi connectivity index (χ3n) is 2.48. The molecule has 1 atom stereocenters. The van der Waals surface area contributed by atoms with Crippen LogP contribution in [0.5, 0.6) is 11.5 Å². The molecule has 4 N–H and O–H groups in total. The molecule has 0 aromatic heterocycles. The van der Waals surface area contributed by atoms with Crippen molar-refractivity contribution >= 4 is 0 Å². The average Bonchev–Trinajstić information content (AvgIpc) is 2.31. The van der Waals surface area contributed by atoms with E-state index in [2.05, 4.69) is 0 Å². The number of aryl methyl sites for hydroxylation is 1. The molecule has 0 aliphatic rings. The van der Waals surface area contributed by atoms with Crippen molar-refractivity contribution < 1.29 is 19.3 Å². The molecular formula is C11H16FNO3. The monoisotopic (exact) mass is 229 g/mol. The van der Waals surface area contributed by atoms with E-state index < -0.39 is 17.6 Å². The van der Waals surface area contributed by atoms with Crippen LogP contribution in [0.15, 0.2) is 6.07 Å². The number of hydrogen-bond donors (Lipinski definition) is 3. The Balaban J connectivity index is 3.38. The zero-order valence-corrected chi connectivity index (χ0v) is 9.33. The van der Waals surface area contributed by atoms with Gasteiger partial charge in [0.15, 0.2) is 11.5 Å². The first-order valence-electron chi connectivity index (χ1n) is 5.01. The van der Waals surface area contributed by atoms with Crippen molar-refractivity contribution in [3.8, 4) is 11.5 Å². The maximum Gasteiger partial charge on any atom is 0.207 e. The number of aliphatic hydroxyl groups excluding tert-OH is 1. The number of hydrogen-bond acceptors (Lipinski definition) is 4. The fraction of sp³-hybridized carbons (Fsp3) is 0.455. The molecule has 90 valence electrons. The fourth-order valence-electron chi connectivity index (χ4n) is 1.56. The minimum atomic E-state index is -0.833. The van der Waals surface area contributed by atoms with E-state index >= 15 is 0 Å². The Kier molecular flexibility index (Phi) is 4.09. The van der Waals surface area contributed by atoms with E-state index in [0.717, 1.165) is 0 Å². The second-order valence-corrected chi connectivity index (χ2v) is 3.46. The lowest BCUT2D eigenvalue weighted by molar-refractivity contribution is 0.263. The van der Waals surface area contributed by atoms with Crippen LogP contribution in [0, 0.1) is 5.82 Å². The number of benzene rings is 1. The Bertz CT molecular complexity index is 382. The zero-order chi connectivity index (χ0) is 12.3. The van der Waals surface area contributed by atoms with Crippen LogP contribution in [0.25, 0.3) is 0 Å². The predicted molar refractivity (Wildman–Crippen MR) is 58.0 cm³/mol. The molecule has 0 radical (unpaired) electrons. The molecule has 0 aliphatic heterocycles. The minimum Gasteiger partial charge on any atom is -0.504 e. The van der Waals surface area contributed by atoms with E-state index in [1.165, 1.54) is 7.11 Å². The molecule has 0 saturated heterocycles. The Labute approximate surface area is 93.5 Å². The summed E-state index contributed by atoms with van der Waals surface area (Å²) in [5, 5.41) is 18.5. The summed E-state index contributed by atoms with van der Waals surface area (Å²) in [5.74, 6) is -1.37. The van der Waals surface area contributed by atoms with Crippen LogP contribution < -0.4 is 10.5 Å². The lowest BCUT2D eigenvalue weighted by Crippen LogP contribution is -2.15. The number of phenolic OH excluding ortho intramolecular Hbond substituents is 1. The maximum atomic E-state index is 13.7. The maximum absolute atomic E-state index is 13.7. The summed E-state index contributed by atoms with van der Waals surface area (Å²) >= 11 is 0. The van der Waals surface area contributed by atoms with Crippen LogP contribution in [-0.4, -0.2) is 23.9 Å². The molecule has 0 aliphatic carbocycles. The first kappa shape index (κ1) is 12.7. The van der Waals surface area contributed by atoms with Crippen LogP contribution in [0.3, 0.4) is 0 Å². The summed E-state index contributed by atoms with van der Waals surface area (Å²) in [6.45, 7) is 1.48. The number of rotatable bonds is 4. The second-order valence-electron chi connectivity index (χ2n) is 3.46. The Morgan fingerprint density at radius 1 is 1.56 bits per heavy atom. The molecular weight excluding hydrogens is 213 g/mol. The van der Waals surface area contributed by atoms with E-state index in [9.17, 15) is 9.50 Å². The number of aliphatic hydroxyl groups is 1. The lowest BCUT2D eigenvalue weighted by atomic mass is 10.0. The largest absolute Gasteiger partial charge is 0.504 e. The van der Waals surface area contributed by atoms with Gasteiger partial charge in [0, 0.05) is 5.56 Å². The normalized spacial score (nSPS) is 12.6. The molecule has 1 aromatic carbocycles. The SMILES string of the molecule is CCc1cc(C(N)CO)c(O)c(F)c1OC. The number of nitrogens with two attached hydrogens (primary N) is 1. The van der Waals surface area contributed by atoms with Crippen LogP contribution in [0.1, 0.15) is 24.1 Å². The van der Waals surface area contributed by atoms with E-state index in [0.29, 0.717) is 12.0 Å². The highest BCUT2D eigenvalue weighted by Gasteiger charge is 2.20. The van der Waals surface area contributed by atoms with E-state index in [1.807, 2.05) is 6.92 Å². The predicted octanol–water partition coefficient (Wildman–Crippen LogP) is 1.09. The molecule has 0 fully saturated rings. The van der Waals surface area contributed by atoms with Crippen molar-refractivity contribution in [1.29, 1.82) is 0 Å². The molecule has 5 heteroatoms. The summed E-state index contributed by atoms with van der Waals surface area (Å²) in [7, 11) is 1.34. The lowest BCUT2D eigenvalue weighted by Gasteiger charge is -2.16. The molecule has 1 unspecified atom stereocenters. The molecule has 0 spiro atoms. The van der Waals surface area contributed by atoms with Crippen molar-refractivity contribution in [2.45, 2.75) is 19.4 Å². The van der Waals surface area contributed by atoms with E-state index in [-0.39, 0.29) is 17.9 Å². The highest BCUT2D eigenvalue weighted by atomic mass is 19.1. The summed E-state index contributed by atoms with van der Waals surface area (Å²) in [6, 6.07) is 0.753. The molecule has 1 rings (SSSR count). The first-order chi connectivity index (χ1) is 7.56. The first-order valence-corrected chi connectivity index (χ1v) is 5.01. The van der Waals surface area contributed by atoms with Crippen LogP contribution in [0.2, 0.25) is 0 Å². The van der Waals surface area contributed by atoms with Gasteiger partial charge in [0.05, 0.1) is 19.8 Å². The van der Waals surface area contributed by atoms with Gasteiger partial charge in [-0.05, 0) is 18.1 Å². The second kappa shape index (κ2) is 5.14. The number of aromatic hydroxyl groups is 1. The van der Waals surface area contributed by atoms with Gasteiger partial charge in [-0.25, -0.2) is 0 Å². The number of phenols is 1. The molecule has 0 bridgehead atoms. The van der Waals surface area contributed by atoms with Gasteiger partial charge in [0.1, 0.15) is 0 Å².